The van der Waals surface area contributed by atoms with Gasteiger partial charge in [0.15, 0.2) is 5.82 Å². The van der Waals surface area contributed by atoms with Crippen molar-refractivity contribution in [3.63, 3.8) is 0 Å². The number of thioether (sulfide) groups is 1. The van der Waals surface area contributed by atoms with Gasteiger partial charge in [0.05, 0.1) is 23.5 Å². The van der Waals surface area contributed by atoms with E-state index in [9.17, 15) is 0 Å². The van der Waals surface area contributed by atoms with Crippen molar-refractivity contribution in [3.8, 4) is 0 Å². The van der Waals surface area contributed by atoms with Gasteiger partial charge in [0, 0.05) is 11.4 Å². The number of likely N-dealkylation sites (N-methyl/N-ethyl adjacent to an activating group) is 1. The zero-order valence-electron chi connectivity index (χ0n) is 12.9. The van der Waals surface area contributed by atoms with E-state index in [1.54, 1.807) is 23.1 Å². The molecule has 2 aromatic heterocycles. The second kappa shape index (κ2) is 10.3. The third kappa shape index (κ3) is 6.54. The number of aryl methyl sites for hydroxylation is 1. The molecule has 0 amide bonds. The van der Waals surface area contributed by atoms with Crippen LogP contribution in [0.3, 0.4) is 0 Å². The minimum Gasteiger partial charge on any atom is -0.483 e. The van der Waals surface area contributed by atoms with Gasteiger partial charge in [-0.15, -0.1) is 11.3 Å². The molecule has 1 N–H and O–H groups in total. The standard InChI is InChI=1S/C12H18N4OS2.CH2O2/c1-9-10(19-8-13-9)4-5-16(2)6-12-14-11(7-18-3)15-17-12;2-1-3/h8H,4-7H2,1-3H3;1H,(H,2,3). The molecule has 0 aromatic carbocycles. The number of hydrogen-bond acceptors (Lipinski definition) is 8. The van der Waals surface area contributed by atoms with Gasteiger partial charge in [0.1, 0.15) is 0 Å². The molecule has 0 atom stereocenters. The molecule has 0 unspecified atom stereocenters. The number of hydrogen-bond donors (Lipinski definition) is 1. The van der Waals surface area contributed by atoms with Crippen LogP contribution in [0.1, 0.15) is 22.3 Å². The number of thiazole rings is 1. The lowest BCUT2D eigenvalue weighted by Gasteiger charge is -2.13. The van der Waals surface area contributed by atoms with Gasteiger partial charge >= 0.3 is 0 Å². The fraction of sp³-hybridized carbons (Fsp3) is 0.538. The summed E-state index contributed by atoms with van der Waals surface area (Å²) in [5.41, 5.74) is 3.04. The molecule has 0 aliphatic rings. The topological polar surface area (TPSA) is 92.4 Å². The van der Waals surface area contributed by atoms with Crippen LogP contribution in [-0.4, -0.2) is 51.5 Å². The molecule has 2 heterocycles. The molecule has 0 spiro atoms. The lowest BCUT2D eigenvalue weighted by atomic mass is 10.3. The third-order valence-corrected chi connectivity index (χ3v) is 4.30. The monoisotopic (exact) mass is 344 g/mol. The summed E-state index contributed by atoms with van der Waals surface area (Å²) in [4.78, 5) is 20.5. The van der Waals surface area contributed by atoms with E-state index in [4.69, 9.17) is 14.4 Å². The molecule has 122 valence electrons. The SMILES string of the molecule is CSCc1noc(CN(C)CCc2scnc2C)n1.O=CO. The average molecular weight is 344 g/mol. The predicted octanol–water partition coefficient (Wildman–Crippen LogP) is 2.07. The quantitative estimate of drug-likeness (QED) is 0.763. The first-order chi connectivity index (χ1) is 10.6. The minimum absolute atomic E-state index is 0.250. The first-order valence-corrected chi connectivity index (χ1v) is 8.83. The lowest BCUT2D eigenvalue weighted by molar-refractivity contribution is -0.122. The molecule has 0 saturated carbocycles. The normalized spacial score (nSPS) is 10.4. The highest BCUT2D eigenvalue weighted by atomic mass is 32.2. The first kappa shape index (κ1) is 18.6. The van der Waals surface area contributed by atoms with E-state index in [1.807, 2.05) is 11.8 Å². The number of rotatable bonds is 7. The number of carboxylic acid groups (broad SMARTS) is 1. The first-order valence-electron chi connectivity index (χ1n) is 6.56. The smallest absolute Gasteiger partial charge is 0.290 e. The zero-order valence-corrected chi connectivity index (χ0v) is 14.5. The zero-order chi connectivity index (χ0) is 16.4. The van der Waals surface area contributed by atoms with Gasteiger partial charge in [-0.3, -0.25) is 9.69 Å². The average Bonchev–Trinajstić information content (AvgIpc) is 3.07. The van der Waals surface area contributed by atoms with Crippen molar-refractivity contribution in [1.82, 2.24) is 20.0 Å². The highest BCUT2D eigenvalue weighted by Gasteiger charge is 2.10. The van der Waals surface area contributed by atoms with Crippen molar-refractivity contribution in [2.24, 2.45) is 0 Å². The van der Waals surface area contributed by atoms with Gasteiger partial charge in [-0.1, -0.05) is 5.16 Å². The molecule has 22 heavy (non-hydrogen) atoms. The molecule has 0 aliphatic carbocycles. The minimum atomic E-state index is -0.250. The van der Waals surface area contributed by atoms with E-state index in [-0.39, 0.29) is 6.47 Å². The van der Waals surface area contributed by atoms with Crippen LogP contribution in [0.25, 0.3) is 0 Å². The van der Waals surface area contributed by atoms with Gasteiger partial charge in [-0.2, -0.15) is 16.7 Å². The van der Waals surface area contributed by atoms with Crippen LogP contribution >= 0.6 is 23.1 Å². The maximum Gasteiger partial charge on any atom is 0.290 e. The van der Waals surface area contributed by atoms with Gasteiger partial charge in [0.2, 0.25) is 5.89 Å². The molecule has 7 nitrogen and oxygen atoms in total. The maximum atomic E-state index is 8.36. The Labute approximate surface area is 137 Å². The van der Waals surface area contributed by atoms with Gasteiger partial charge in [-0.05, 0) is 26.6 Å². The molecule has 0 saturated heterocycles. The Morgan fingerprint density at radius 3 is 2.86 bits per heavy atom. The Kier molecular flexibility index (Phi) is 8.71. The fourth-order valence-electron chi connectivity index (χ4n) is 1.71. The summed E-state index contributed by atoms with van der Waals surface area (Å²) in [6.45, 7) is 3.46. The van der Waals surface area contributed by atoms with Crippen molar-refractivity contribution >= 4 is 29.6 Å². The summed E-state index contributed by atoms with van der Waals surface area (Å²) < 4.78 is 5.22. The summed E-state index contributed by atoms with van der Waals surface area (Å²) in [5.74, 6) is 2.26. The summed E-state index contributed by atoms with van der Waals surface area (Å²) >= 11 is 3.41. The molecule has 2 aromatic rings. The Balaban J connectivity index is 0.000000745. The van der Waals surface area contributed by atoms with Crippen LogP contribution < -0.4 is 0 Å². The van der Waals surface area contributed by atoms with Gasteiger partial charge in [0.25, 0.3) is 6.47 Å². The van der Waals surface area contributed by atoms with Crippen LogP contribution in [0.5, 0.6) is 0 Å². The van der Waals surface area contributed by atoms with Crippen molar-refractivity contribution in [3.05, 3.63) is 27.8 Å². The number of nitrogens with zero attached hydrogens (tertiary/aromatic N) is 4. The molecule has 2 rings (SSSR count). The summed E-state index contributed by atoms with van der Waals surface area (Å²) in [6.07, 6.45) is 3.04. The Morgan fingerprint density at radius 1 is 1.55 bits per heavy atom. The van der Waals surface area contributed by atoms with Gasteiger partial charge in [-0.25, -0.2) is 4.98 Å². The molecular formula is C13H20N4O3S2. The molecule has 0 bridgehead atoms. The van der Waals surface area contributed by atoms with E-state index in [2.05, 4.69) is 34.0 Å². The highest BCUT2D eigenvalue weighted by Crippen LogP contribution is 2.13. The molecule has 0 fully saturated rings. The fourth-order valence-corrected chi connectivity index (χ4v) is 2.86. The van der Waals surface area contributed by atoms with Crippen LogP contribution in [0, 0.1) is 6.92 Å². The molecular weight excluding hydrogens is 324 g/mol. The Bertz CT molecular complexity index is 559. The van der Waals surface area contributed by atoms with E-state index in [0.29, 0.717) is 12.4 Å². The largest absolute Gasteiger partial charge is 0.483 e. The molecule has 0 radical (unpaired) electrons. The van der Waals surface area contributed by atoms with Gasteiger partial charge < -0.3 is 9.63 Å². The van der Waals surface area contributed by atoms with Crippen molar-refractivity contribution in [1.29, 1.82) is 0 Å². The Hall–Kier alpha value is -1.45. The highest BCUT2D eigenvalue weighted by molar-refractivity contribution is 7.97. The van der Waals surface area contributed by atoms with E-state index < -0.39 is 0 Å². The van der Waals surface area contributed by atoms with Crippen LogP contribution in [0.4, 0.5) is 0 Å². The van der Waals surface area contributed by atoms with Crippen molar-refractivity contribution in [2.75, 3.05) is 19.8 Å². The second-order valence-corrected chi connectivity index (χ2v) is 6.30. The summed E-state index contributed by atoms with van der Waals surface area (Å²) in [6, 6.07) is 0. The third-order valence-electron chi connectivity index (χ3n) is 2.75. The summed E-state index contributed by atoms with van der Waals surface area (Å²) in [7, 11) is 2.06. The van der Waals surface area contributed by atoms with Crippen LogP contribution in [0.2, 0.25) is 0 Å². The number of carbonyl (C=O) groups is 1. The van der Waals surface area contributed by atoms with E-state index in [0.717, 1.165) is 30.2 Å². The van der Waals surface area contributed by atoms with Crippen LogP contribution in [-0.2, 0) is 23.5 Å². The predicted molar refractivity (Wildman–Crippen MR) is 87.1 cm³/mol. The van der Waals surface area contributed by atoms with Crippen molar-refractivity contribution in [2.45, 2.75) is 25.6 Å². The Morgan fingerprint density at radius 2 is 2.27 bits per heavy atom. The summed E-state index contributed by atoms with van der Waals surface area (Å²) in [5, 5.41) is 10.8. The lowest BCUT2D eigenvalue weighted by Crippen LogP contribution is -2.20. The van der Waals surface area contributed by atoms with Crippen molar-refractivity contribution < 1.29 is 14.4 Å². The number of aromatic nitrogens is 3. The maximum absolute atomic E-state index is 8.36. The second-order valence-electron chi connectivity index (χ2n) is 4.49. The van der Waals surface area contributed by atoms with E-state index >= 15 is 0 Å². The van der Waals surface area contributed by atoms with Crippen LogP contribution in [0.15, 0.2) is 10.0 Å². The van der Waals surface area contributed by atoms with E-state index in [1.165, 1.54) is 4.88 Å². The molecule has 0 aliphatic heterocycles. The molecule has 9 heteroatoms.